The number of nitrogens with zero attached hydrogens (tertiary/aromatic N) is 1. The van der Waals surface area contributed by atoms with Gasteiger partial charge in [0.2, 0.25) is 12.7 Å². The predicted octanol–water partition coefficient (Wildman–Crippen LogP) is 3.93. The lowest BCUT2D eigenvalue weighted by Gasteiger charge is -2.11. The Morgan fingerprint density at radius 3 is 2.70 bits per heavy atom. The molecule has 2 N–H and O–H groups in total. The van der Waals surface area contributed by atoms with E-state index in [1.807, 2.05) is 0 Å². The number of amides is 2. The van der Waals surface area contributed by atoms with Gasteiger partial charge in [-0.3, -0.25) is 14.9 Å². The lowest BCUT2D eigenvalue weighted by molar-refractivity contribution is -0.117. The Morgan fingerprint density at radius 1 is 1.07 bits per heavy atom. The van der Waals surface area contributed by atoms with Gasteiger partial charge in [-0.2, -0.15) is 0 Å². The van der Waals surface area contributed by atoms with Crippen molar-refractivity contribution in [2.75, 3.05) is 17.4 Å². The van der Waals surface area contributed by atoms with Crippen LogP contribution in [0.2, 0.25) is 0 Å². The standard InChI is InChI=1S/C21H16FN3O4S/c22-12-3-1-11(2-4-12)19(26)25-21-24-18-14(6-8-17(18)30-21)20(27)23-13-5-7-15-16(9-13)29-10-28-15/h1-5,7,9,14H,6,8,10H2,(H,23,27)(H,24,25,26)/t14-/m0/s1. The van der Waals surface area contributed by atoms with Crippen LogP contribution in [0.5, 0.6) is 11.5 Å². The number of aromatic nitrogens is 1. The molecule has 5 rings (SSSR count). The zero-order valence-corrected chi connectivity index (χ0v) is 16.4. The summed E-state index contributed by atoms with van der Waals surface area (Å²) in [4.78, 5) is 30.6. The molecular weight excluding hydrogens is 409 g/mol. The second-order valence-corrected chi connectivity index (χ2v) is 8.02. The van der Waals surface area contributed by atoms with Crippen molar-refractivity contribution >= 4 is 34.0 Å². The fourth-order valence-electron chi connectivity index (χ4n) is 3.51. The SMILES string of the molecule is O=C(Nc1nc2c(s1)CC[C@@H]2C(=O)Nc1ccc2c(c1)OCO2)c1ccc(F)cc1. The third kappa shape index (κ3) is 3.48. The van der Waals surface area contributed by atoms with Crippen molar-refractivity contribution in [3.8, 4) is 11.5 Å². The second kappa shape index (κ2) is 7.42. The Bertz CT molecular complexity index is 1150. The van der Waals surface area contributed by atoms with E-state index in [2.05, 4.69) is 15.6 Å². The van der Waals surface area contributed by atoms with Crippen LogP contribution in [0.3, 0.4) is 0 Å². The van der Waals surface area contributed by atoms with Crippen molar-refractivity contribution in [3.63, 3.8) is 0 Å². The van der Waals surface area contributed by atoms with Gasteiger partial charge in [-0.05, 0) is 49.2 Å². The zero-order valence-electron chi connectivity index (χ0n) is 15.6. The van der Waals surface area contributed by atoms with Crippen molar-refractivity contribution in [1.82, 2.24) is 4.98 Å². The number of rotatable bonds is 4. The molecule has 2 aromatic carbocycles. The van der Waals surface area contributed by atoms with Crippen LogP contribution in [0.1, 0.15) is 33.3 Å². The highest BCUT2D eigenvalue weighted by Crippen LogP contribution is 2.40. The molecule has 3 aromatic rings. The van der Waals surface area contributed by atoms with Gasteiger partial charge < -0.3 is 14.8 Å². The number of thiazole rings is 1. The first kappa shape index (κ1) is 18.6. The van der Waals surface area contributed by atoms with Crippen molar-refractivity contribution in [1.29, 1.82) is 0 Å². The number of carbonyl (C=O) groups excluding carboxylic acids is 2. The number of fused-ring (bicyclic) bond motifs is 2. The second-order valence-electron chi connectivity index (χ2n) is 6.94. The van der Waals surface area contributed by atoms with Gasteiger partial charge in [0.05, 0.1) is 11.6 Å². The van der Waals surface area contributed by atoms with Gasteiger partial charge in [0.15, 0.2) is 16.6 Å². The van der Waals surface area contributed by atoms with Gasteiger partial charge in [0, 0.05) is 22.2 Å². The summed E-state index contributed by atoms with van der Waals surface area (Å²) in [7, 11) is 0. The maximum Gasteiger partial charge on any atom is 0.257 e. The van der Waals surface area contributed by atoms with Gasteiger partial charge in [-0.15, -0.1) is 11.3 Å². The van der Waals surface area contributed by atoms with Crippen LogP contribution in [0.15, 0.2) is 42.5 Å². The minimum atomic E-state index is -0.406. The van der Waals surface area contributed by atoms with E-state index in [1.165, 1.54) is 35.6 Å². The van der Waals surface area contributed by atoms with E-state index in [-0.39, 0.29) is 18.6 Å². The van der Waals surface area contributed by atoms with E-state index >= 15 is 0 Å². The molecule has 0 bridgehead atoms. The Hall–Kier alpha value is -3.46. The molecular formula is C21H16FN3O4S. The van der Waals surface area contributed by atoms with Gasteiger partial charge in [-0.25, -0.2) is 9.37 Å². The number of anilines is 2. The number of halogens is 1. The van der Waals surface area contributed by atoms with E-state index in [0.717, 1.165) is 11.3 Å². The van der Waals surface area contributed by atoms with Crippen molar-refractivity contribution in [3.05, 3.63) is 64.4 Å². The number of nitrogens with one attached hydrogen (secondary N) is 2. The number of hydrogen-bond donors (Lipinski definition) is 2. The van der Waals surface area contributed by atoms with Crippen LogP contribution >= 0.6 is 11.3 Å². The molecule has 152 valence electrons. The van der Waals surface area contributed by atoms with Crippen molar-refractivity contribution in [2.45, 2.75) is 18.8 Å². The highest BCUT2D eigenvalue weighted by Gasteiger charge is 2.33. The molecule has 0 fully saturated rings. The Balaban J connectivity index is 1.28. The minimum Gasteiger partial charge on any atom is -0.454 e. The summed E-state index contributed by atoms with van der Waals surface area (Å²) in [5, 5.41) is 6.06. The normalized spacial score (nSPS) is 16.2. The maximum atomic E-state index is 13.0. The van der Waals surface area contributed by atoms with E-state index in [1.54, 1.807) is 18.2 Å². The summed E-state index contributed by atoms with van der Waals surface area (Å²) >= 11 is 1.36. The van der Waals surface area contributed by atoms with E-state index in [4.69, 9.17) is 9.47 Å². The molecule has 0 unspecified atom stereocenters. The largest absolute Gasteiger partial charge is 0.454 e. The van der Waals surface area contributed by atoms with Crippen LogP contribution in [0.25, 0.3) is 0 Å². The monoisotopic (exact) mass is 425 g/mol. The molecule has 7 nitrogen and oxygen atoms in total. The van der Waals surface area contributed by atoms with E-state index < -0.39 is 11.7 Å². The molecule has 0 radical (unpaired) electrons. The van der Waals surface area contributed by atoms with Crippen molar-refractivity contribution < 1.29 is 23.5 Å². The molecule has 1 atom stereocenters. The summed E-state index contributed by atoms with van der Waals surface area (Å²) in [5.41, 5.74) is 1.65. The van der Waals surface area contributed by atoms with Gasteiger partial charge in [-0.1, -0.05) is 0 Å². The first-order valence-corrected chi connectivity index (χ1v) is 10.2. The molecule has 0 spiro atoms. The van der Waals surface area contributed by atoms with Crippen molar-refractivity contribution in [2.24, 2.45) is 0 Å². The summed E-state index contributed by atoms with van der Waals surface area (Å²) in [6, 6.07) is 10.5. The molecule has 9 heteroatoms. The summed E-state index contributed by atoms with van der Waals surface area (Å²) in [5.74, 6) is -0.0797. The fraction of sp³-hybridized carbons (Fsp3) is 0.190. The Morgan fingerprint density at radius 2 is 1.87 bits per heavy atom. The predicted molar refractivity (Wildman–Crippen MR) is 109 cm³/mol. The molecule has 30 heavy (non-hydrogen) atoms. The molecule has 2 heterocycles. The number of ether oxygens (including phenoxy) is 2. The number of aryl methyl sites for hydroxylation is 1. The summed E-state index contributed by atoms with van der Waals surface area (Å²) in [6.45, 7) is 0.171. The molecule has 1 aliphatic heterocycles. The lowest BCUT2D eigenvalue weighted by Crippen LogP contribution is -2.20. The molecule has 0 saturated carbocycles. The van der Waals surface area contributed by atoms with Crippen LogP contribution in [-0.2, 0) is 11.2 Å². The average Bonchev–Trinajstić information content (AvgIpc) is 3.43. The highest BCUT2D eigenvalue weighted by atomic mass is 32.1. The highest BCUT2D eigenvalue weighted by molar-refractivity contribution is 7.16. The molecule has 2 aliphatic rings. The van der Waals surface area contributed by atoms with E-state index in [0.29, 0.717) is 40.0 Å². The van der Waals surface area contributed by atoms with Gasteiger partial charge in [0.1, 0.15) is 5.82 Å². The van der Waals surface area contributed by atoms with Crippen LogP contribution in [0, 0.1) is 5.82 Å². The smallest absolute Gasteiger partial charge is 0.257 e. The summed E-state index contributed by atoms with van der Waals surface area (Å²) < 4.78 is 23.7. The first-order valence-electron chi connectivity index (χ1n) is 9.34. The number of benzene rings is 2. The number of carbonyl (C=O) groups is 2. The summed E-state index contributed by atoms with van der Waals surface area (Å²) in [6.07, 6.45) is 1.38. The van der Waals surface area contributed by atoms with E-state index in [9.17, 15) is 14.0 Å². The average molecular weight is 425 g/mol. The molecule has 1 aliphatic carbocycles. The third-order valence-electron chi connectivity index (χ3n) is 5.00. The van der Waals surface area contributed by atoms with Gasteiger partial charge >= 0.3 is 0 Å². The maximum absolute atomic E-state index is 13.0. The third-order valence-corrected chi connectivity index (χ3v) is 6.05. The molecule has 1 aromatic heterocycles. The van der Waals surface area contributed by atoms with Crippen LogP contribution in [0.4, 0.5) is 15.2 Å². The first-order chi connectivity index (χ1) is 14.6. The Labute approximate surface area is 174 Å². The quantitative estimate of drug-likeness (QED) is 0.661. The minimum absolute atomic E-state index is 0.158. The number of hydrogen-bond acceptors (Lipinski definition) is 6. The topological polar surface area (TPSA) is 89.6 Å². The van der Waals surface area contributed by atoms with Gasteiger partial charge in [0.25, 0.3) is 5.91 Å². The fourth-order valence-corrected chi connectivity index (χ4v) is 4.54. The lowest BCUT2D eigenvalue weighted by atomic mass is 10.1. The van der Waals surface area contributed by atoms with Crippen LogP contribution in [-0.4, -0.2) is 23.6 Å². The Kier molecular flexibility index (Phi) is 4.59. The molecule has 0 saturated heterocycles. The van der Waals surface area contributed by atoms with Crippen LogP contribution < -0.4 is 20.1 Å². The zero-order chi connectivity index (χ0) is 20.7. The molecule has 2 amide bonds.